The predicted molar refractivity (Wildman–Crippen MR) is 80.5 cm³/mol. The highest BCUT2D eigenvalue weighted by Gasteiger charge is 2.15. The van der Waals surface area contributed by atoms with E-state index in [1.165, 1.54) is 0 Å². The van der Waals surface area contributed by atoms with Crippen molar-refractivity contribution in [3.05, 3.63) is 41.1 Å². The van der Waals surface area contributed by atoms with Gasteiger partial charge in [0.2, 0.25) is 5.88 Å². The maximum absolute atomic E-state index is 5.75. The normalized spacial score (nSPS) is 10.2. The van der Waals surface area contributed by atoms with Crippen LogP contribution in [0.5, 0.6) is 17.4 Å². The van der Waals surface area contributed by atoms with Gasteiger partial charge in [0.05, 0.1) is 18.4 Å². The molecule has 1 aromatic heterocycles. The third-order valence-corrected chi connectivity index (χ3v) is 3.15. The number of aryl methyl sites for hydroxylation is 1. The third-order valence-electron chi connectivity index (χ3n) is 2.94. The summed E-state index contributed by atoms with van der Waals surface area (Å²) in [5, 5.41) is 8.06. The van der Waals surface area contributed by atoms with E-state index >= 15 is 0 Å². The fraction of sp³-hybridized carbons (Fsp3) is 0.214. The van der Waals surface area contributed by atoms with Crippen LogP contribution in [0.25, 0.3) is 0 Å². The highest BCUT2D eigenvalue weighted by molar-refractivity contribution is 7.80. The van der Waals surface area contributed by atoms with Gasteiger partial charge in [-0.05, 0) is 43.7 Å². The molecule has 20 heavy (non-hydrogen) atoms. The van der Waals surface area contributed by atoms with Crippen LogP contribution in [-0.2, 0) is 0 Å². The zero-order valence-corrected chi connectivity index (χ0v) is 12.3. The van der Waals surface area contributed by atoms with Gasteiger partial charge in [-0.25, -0.2) is 0 Å². The van der Waals surface area contributed by atoms with Crippen molar-refractivity contribution in [2.75, 3.05) is 7.11 Å². The first-order chi connectivity index (χ1) is 9.52. The fourth-order valence-corrected chi connectivity index (χ4v) is 1.94. The van der Waals surface area contributed by atoms with Crippen molar-refractivity contribution in [1.29, 1.82) is 0 Å². The topological polar surface area (TPSA) is 70.3 Å². The number of hydrogen-bond acceptors (Lipinski definition) is 5. The van der Waals surface area contributed by atoms with Crippen LogP contribution in [0.3, 0.4) is 0 Å². The maximum atomic E-state index is 5.75. The van der Waals surface area contributed by atoms with E-state index in [-0.39, 0.29) is 4.99 Å². The molecule has 104 valence electrons. The average molecular weight is 289 g/mol. The zero-order valence-electron chi connectivity index (χ0n) is 11.5. The van der Waals surface area contributed by atoms with E-state index in [1.54, 1.807) is 31.4 Å². The molecule has 2 rings (SSSR count). The van der Waals surface area contributed by atoms with Gasteiger partial charge in [0.25, 0.3) is 0 Å². The molecule has 0 radical (unpaired) electrons. The molecule has 0 bridgehead atoms. The maximum Gasteiger partial charge on any atom is 0.249 e. The molecule has 1 aromatic carbocycles. The Morgan fingerprint density at radius 2 is 1.70 bits per heavy atom. The smallest absolute Gasteiger partial charge is 0.249 e. The highest BCUT2D eigenvalue weighted by atomic mass is 32.1. The summed E-state index contributed by atoms with van der Waals surface area (Å²) >= 11 is 5.06. The number of benzene rings is 1. The van der Waals surface area contributed by atoms with Gasteiger partial charge in [-0.15, -0.1) is 5.10 Å². The Hall–Kier alpha value is -2.21. The average Bonchev–Trinajstić information content (AvgIpc) is 2.43. The number of aromatic nitrogens is 2. The lowest BCUT2D eigenvalue weighted by Crippen LogP contribution is -2.15. The molecule has 0 aliphatic carbocycles. The van der Waals surface area contributed by atoms with Crippen LogP contribution in [0.2, 0.25) is 0 Å². The second-order valence-electron chi connectivity index (χ2n) is 4.23. The Balaban J connectivity index is 2.37. The highest BCUT2D eigenvalue weighted by Crippen LogP contribution is 2.27. The van der Waals surface area contributed by atoms with Crippen LogP contribution in [0, 0.1) is 13.8 Å². The molecule has 0 aliphatic rings. The minimum Gasteiger partial charge on any atom is -0.497 e. The molecule has 0 saturated heterocycles. The van der Waals surface area contributed by atoms with Crippen LogP contribution in [0.4, 0.5) is 0 Å². The molecule has 1 heterocycles. The molecular weight excluding hydrogens is 274 g/mol. The fourth-order valence-electron chi connectivity index (χ4n) is 1.70. The zero-order chi connectivity index (χ0) is 14.7. The number of nitrogens with two attached hydrogens (primary N) is 1. The molecule has 2 aromatic rings. The summed E-state index contributed by atoms with van der Waals surface area (Å²) in [7, 11) is 1.61. The van der Waals surface area contributed by atoms with Crippen LogP contribution < -0.4 is 15.2 Å². The van der Waals surface area contributed by atoms with E-state index in [2.05, 4.69) is 10.2 Å². The molecule has 0 fully saturated rings. The Labute approximate surface area is 122 Å². The molecule has 0 spiro atoms. The van der Waals surface area contributed by atoms with Crippen molar-refractivity contribution >= 4 is 17.2 Å². The number of methoxy groups -OCH3 is 1. The summed E-state index contributed by atoms with van der Waals surface area (Å²) in [6.07, 6.45) is 0. The molecule has 6 heteroatoms. The minimum absolute atomic E-state index is 0.240. The van der Waals surface area contributed by atoms with Gasteiger partial charge in [0, 0.05) is 0 Å². The SMILES string of the molecule is COc1ccc(Oc2nnc(C)c(C)c2C(N)=S)cc1. The minimum atomic E-state index is 0.240. The lowest BCUT2D eigenvalue weighted by Gasteiger charge is -2.12. The lowest BCUT2D eigenvalue weighted by molar-refractivity contribution is 0.411. The van der Waals surface area contributed by atoms with Crippen molar-refractivity contribution in [3.63, 3.8) is 0 Å². The first-order valence-electron chi connectivity index (χ1n) is 5.98. The van der Waals surface area contributed by atoms with E-state index in [4.69, 9.17) is 27.4 Å². The molecule has 0 saturated carbocycles. The van der Waals surface area contributed by atoms with E-state index in [1.807, 2.05) is 13.8 Å². The van der Waals surface area contributed by atoms with E-state index in [9.17, 15) is 0 Å². The van der Waals surface area contributed by atoms with Gasteiger partial charge in [0.1, 0.15) is 16.5 Å². The molecule has 5 nitrogen and oxygen atoms in total. The first-order valence-corrected chi connectivity index (χ1v) is 6.39. The van der Waals surface area contributed by atoms with Crippen LogP contribution >= 0.6 is 12.2 Å². The van der Waals surface area contributed by atoms with Crippen molar-refractivity contribution in [2.24, 2.45) is 5.73 Å². The quantitative estimate of drug-likeness (QED) is 0.872. The first kappa shape index (κ1) is 14.2. The van der Waals surface area contributed by atoms with Crippen molar-refractivity contribution < 1.29 is 9.47 Å². The second kappa shape index (κ2) is 5.83. The molecule has 0 unspecified atom stereocenters. The summed E-state index contributed by atoms with van der Waals surface area (Å²) in [5.74, 6) is 1.67. The predicted octanol–water partition coefficient (Wildman–Crippen LogP) is 2.53. The number of ether oxygens (including phenoxy) is 2. The van der Waals surface area contributed by atoms with Gasteiger partial charge in [-0.3, -0.25) is 0 Å². The molecule has 0 amide bonds. The van der Waals surface area contributed by atoms with Gasteiger partial charge >= 0.3 is 0 Å². The van der Waals surface area contributed by atoms with Gasteiger partial charge < -0.3 is 15.2 Å². The van der Waals surface area contributed by atoms with Crippen molar-refractivity contribution in [1.82, 2.24) is 10.2 Å². The largest absolute Gasteiger partial charge is 0.497 e. The summed E-state index contributed by atoms with van der Waals surface area (Å²) < 4.78 is 10.8. The third kappa shape index (κ3) is 2.85. The summed E-state index contributed by atoms with van der Waals surface area (Å²) in [6, 6.07) is 7.15. The van der Waals surface area contributed by atoms with Crippen LogP contribution in [-0.4, -0.2) is 22.3 Å². The summed E-state index contributed by atoms with van der Waals surface area (Å²) in [5.41, 5.74) is 8.01. The molecular formula is C14H15N3O2S. The Morgan fingerprint density at radius 3 is 2.25 bits per heavy atom. The van der Waals surface area contributed by atoms with Crippen molar-refractivity contribution in [2.45, 2.75) is 13.8 Å². The molecule has 0 atom stereocenters. The Kier molecular flexibility index (Phi) is 4.14. The Morgan fingerprint density at radius 1 is 1.10 bits per heavy atom. The van der Waals surface area contributed by atoms with Gasteiger partial charge in [-0.1, -0.05) is 12.2 Å². The van der Waals surface area contributed by atoms with Crippen LogP contribution in [0.15, 0.2) is 24.3 Å². The van der Waals surface area contributed by atoms with Crippen molar-refractivity contribution in [3.8, 4) is 17.4 Å². The van der Waals surface area contributed by atoms with Gasteiger partial charge in [0.15, 0.2) is 0 Å². The van der Waals surface area contributed by atoms with E-state index < -0.39 is 0 Å². The van der Waals surface area contributed by atoms with Crippen LogP contribution in [0.1, 0.15) is 16.8 Å². The summed E-state index contributed by atoms with van der Waals surface area (Å²) in [6.45, 7) is 3.74. The van der Waals surface area contributed by atoms with E-state index in [0.29, 0.717) is 17.2 Å². The number of rotatable bonds is 4. The second-order valence-corrected chi connectivity index (χ2v) is 4.67. The summed E-state index contributed by atoms with van der Waals surface area (Å²) in [4.78, 5) is 0.240. The number of hydrogen-bond donors (Lipinski definition) is 1. The number of thiocarbonyl (C=S) groups is 1. The molecule has 2 N–H and O–H groups in total. The monoisotopic (exact) mass is 289 g/mol. The van der Waals surface area contributed by atoms with E-state index in [0.717, 1.165) is 17.0 Å². The Bertz CT molecular complexity index is 642. The number of nitrogens with zero attached hydrogens (tertiary/aromatic N) is 2. The lowest BCUT2D eigenvalue weighted by atomic mass is 10.1. The van der Waals surface area contributed by atoms with Gasteiger partial charge in [-0.2, -0.15) is 5.10 Å². The standard InChI is InChI=1S/C14H15N3O2S/c1-8-9(2)16-17-14(12(8)13(15)20)19-11-6-4-10(18-3)5-7-11/h4-7H,1-3H3,(H2,15,20). The molecule has 0 aliphatic heterocycles.